The third kappa shape index (κ3) is 5.39. The molecule has 0 spiro atoms. The van der Waals surface area contributed by atoms with Crippen molar-refractivity contribution in [2.45, 2.75) is 13.5 Å². The number of hydrogen-bond donors (Lipinski definition) is 2. The normalized spacial score (nSPS) is 10.7. The van der Waals surface area contributed by atoms with Gasteiger partial charge < -0.3 is 15.5 Å². The summed E-state index contributed by atoms with van der Waals surface area (Å²) < 4.78 is 0. The van der Waals surface area contributed by atoms with Crippen LogP contribution in [0.3, 0.4) is 0 Å². The molecule has 0 fully saturated rings. The maximum absolute atomic E-state index is 4.49. The number of hydrogen-bond acceptors (Lipinski definition) is 5. The minimum absolute atomic E-state index is 0.674. The monoisotopic (exact) mass is 285 g/mol. The summed E-state index contributed by atoms with van der Waals surface area (Å²) in [6, 6.07) is 12.2. The van der Waals surface area contributed by atoms with E-state index in [-0.39, 0.29) is 0 Å². The summed E-state index contributed by atoms with van der Waals surface area (Å²) in [5, 5.41) is 6.59. The fourth-order valence-electron chi connectivity index (χ4n) is 1.92. The Balaban J connectivity index is 1.94. The van der Waals surface area contributed by atoms with Crippen molar-refractivity contribution in [2.75, 3.05) is 37.8 Å². The van der Waals surface area contributed by atoms with Crippen molar-refractivity contribution in [3.63, 3.8) is 0 Å². The summed E-state index contributed by atoms with van der Waals surface area (Å²) in [5.41, 5.74) is 2.18. The summed E-state index contributed by atoms with van der Waals surface area (Å²) in [4.78, 5) is 11.0. The average molecular weight is 285 g/mol. The van der Waals surface area contributed by atoms with E-state index in [2.05, 4.69) is 37.6 Å². The number of benzene rings is 1. The quantitative estimate of drug-likeness (QED) is 0.818. The summed E-state index contributed by atoms with van der Waals surface area (Å²) in [7, 11) is 4.09. The van der Waals surface area contributed by atoms with Crippen molar-refractivity contribution < 1.29 is 0 Å². The van der Waals surface area contributed by atoms with Crippen molar-refractivity contribution in [1.82, 2.24) is 14.9 Å². The van der Waals surface area contributed by atoms with E-state index in [0.29, 0.717) is 5.95 Å². The van der Waals surface area contributed by atoms with Crippen LogP contribution in [0.4, 0.5) is 11.8 Å². The Morgan fingerprint density at radius 3 is 2.52 bits per heavy atom. The van der Waals surface area contributed by atoms with E-state index in [0.717, 1.165) is 31.1 Å². The van der Waals surface area contributed by atoms with Crippen molar-refractivity contribution in [3.8, 4) is 0 Å². The zero-order chi connectivity index (χ0) is 15.1. The highest BCUT2D eigenvalue weighted by molar-refractivity contribution is 5.42. The SMILES string of the molecule is Cc1cc(NCc2ccccc2)nc(NCCN(C)C)n1. The molecule has 0 amide bonds. The molecule has 0 radical (unpaired) electrons. The molecule has 0 aliphatic heterocycles. The maximum Gasteiger partial charge on any atom is 0.224 e. The fraction of sp³-hybridized carbons (Fsp3) is 0.375. The van der Waals surface area contributed by atoms with Crippen LogP contribution in [0.15, 0.2) is 36.4 Å². The topological polar surface area (TPSA) is 53.1 Å². The van der Waals surface area contributed by atoms with Crippen LogP contribution in [0.2, 0.25) is 0 Å². The van der Waals surface area contributed by atoms with Gasteiger partial charge in [-0.2, -0.15) is 4.98 Å². The molecule has 112 valence electrons. The van der Waals surface area contributed by atoms with Gasteiger partial charge in [0.05, 0.1) is 0 Å². The molecular weight excluding hydrogens is 262 g/mol. The number of likely N-dealkylation sites (N-methyl/N-ethyl adjacent to an activating group) is 1. The summed E-state index contributed by atoms with van der Waals surface area (Å²) in [6.45, 7) is 4.51. The first-order valence-corrected chi connectivity index (χ1v) is 7.15. The van der Waals surface area contributed by atoms with E-state index in [1.807, 2.05) is 45.3 Å². The first-order valence-electron chi connectivity index (χ1n) is 7.15. The van der Waals surface area contributed by atoms with Crippen LogP contribution in [0.5, 0.6) is 0 Å². The maximum atomic E-state index is 4.49. The van der Waals surface area contributed by atoms with Crippen LogP contribution in [-0.2, 0) is 6.54 Å². The third-order valence-corrected chi connectivity index (χ3v) is 3.01. The fourth-order valence-corrected chi connectivity index (χ4v) is 1.92. The minimum atomic E-state index is 0.674. The Hall–Kier alpha value is -2.14. The first-order chi connectivity index (χ1) is 10.1. The number of aromatic nitrogens is 2. The van der Waals surface area contributed by atoms with Crippen molar-refractivity contribution in [1.29, 1.82) is 0 Å². The van der Waals surface area contributed by atoms with Gasteiger partial charge in [0.1, 0.15) is 5.82 Å². The second kappa shape index (κ2) is 7.59. The summed E-state index contributed by atoms with van der Waals surface area (Å²) >= 11 is 0. The van der Waals surface area contributed by atoms with E-state index in [4.69, 9.17) is 0 Å². The Morgan fingerprint density at radius 2 is 1.81 bits per heavy atom. The molecule has 0 unspecified atom stereocenters. The van der Waals surface area contributed by atoms with Gasteiger partial charge in [-0.05, 0) is 26.6 Å². The van der Waals surface area contributed by atoms with Crippen molar-refractivity contribution in [2.24, 2.45) is 0 Å². The molecule has 0 atom stereocenters. The summed E-state index contributed by atoms with van der Waals surface area (Å²) in [6.07, 6.45) is 0. The van der Waals surface area contributed by atoms with Gasteiger partial charge in [0.25, 0.3) is 0 Å². The van der Waals surface area contributed by atoms with E-state index in [1.54, 1.807) is 0 Å². The molecular formula is C16H23N5. The molecule has 5 heteroatoms. The molecule has 0 aliphatic rings. The molecule has 5 nitrogen and oxygen atoms in total. The van der Waals surface area contributed by atoms with Crippen LogP contribution >= 0.6 is 0 Å². The van der Waals surface area contributed by atoms with Crippen LogP contribution in [0.1, 0.15) is 11.3 Å². The lowest BCUT2D eigenvalue weighted by Crippen LogP contribution is -2.21. The Kier molecular flexibility index (Phi) is 5.51. The number of aryl methyl sites for hydroxylation is 1. The molecule has 0 bridgehead atoms. The third-order valence-electron chi connectivity index (χ3n) is 3.01. The lowest BCUT2D eigenvalue weighted by molar-refractivity contribution is 0.425. The van der Waals surface area contributed by atoms with Gasteiger partial charge in [-0.3, -0.25) is 0 Å². The summed E-state index contributed by atoms with van der Waals surface area (Å²) in [5.74, 6) is 1.52. The zero-order valence-electron chi connectivity index (χ0n) is 12.9. The average Bonchev–Trinajstić information content (AvgIpc) is 2.45. The molecule has 1 aromatic carbocycles. The molecule has 2 aromatic rings. The lowest BCUT2D eigenvalue weighted by Gasteiger charge is -2.12. The molecule has 21 heavy (non-hydrogen) atoms. The Bertz CT molecular complexity index is 554. The van der Waals surface area contributed by atoms with Crippen molar-refractivity contribution >= 4 is 11.8 Å². The van der Waals surface area contributed by atoms with E-state index >= 15 is 0 Å². The number of nitrogens with one attached hydrogen (secondary N) is 2. The molecule has 2 rings (SSSR count). The predicted octanol–water partition coefficient (Wildman–Crippen LogP) is 2.37. The smallest absolute Gasteiger partial charge is 0.224 e. The second-order valence-corrected chi connectivity index (χ2v) is 5.29. The molecule has 1 aromatic heterocycles. The molecule has 0 saturated carbocycles. The Labute approximate surface area is 126 Å². The lowest BCUT2D eigenvalue weighted by atomic mass is 10.2. The van der Waals surface area contributed by atoms with Crippen LogP contribution in [0, 0.1) is 6.92 Å². The van der Waals surface area contributed by atoms with Gasteiger partial charge in [0, 0.05) is 31.4 Å². The van der Waals surface area contributed by atoms with Crippen LogP contribution in [0.25, 0.3) is 0 Å². The first kappa shape index (κ1) is 15.3. The van der Waals surface area contributed by atoms with Gasteiger partial charge in [-0.15, -0.1) is 0 Å². The molecule has 0 saturated heterocycles. The van der Waals surface area contributed by atoms with Crippen LogP contribution < -0.4 is 10.6 Å². The minimum Gasteiger partial charge on any atom is -0.366 e. The highest BCUT2D eigenvalue weighted by atomic mass is 15.2. The van der Waals surface area contributed by atoms with Crippen LogP contribution in [-0.4, -0.2) is 42.1 Å². The van der Waals surface area contributed by atoms with Crippen molar-refractivity contribution in [3.05, 3.63) is 47.7 Å². The van der Waals surface area contributed by atoms with E-state index in [9.17, 15) is 0 Å². The molecule has 2 N–H and O–H groups in total. The van der Waals surface area contributed by atoms with Gasteiger partial charge in [0.15, 0.2) is 0 Å². The Morgan fingerprint density at radius 1 is 1.05 bits per heavy atom. The second-order valence-electron chi connectivity index (χ2n) is 5.29. The van der Waals surface area contributed by atoms with Gasteiger partial charge in [-0.25, -0.2) is 4.98 Å². The standard InChI is InChI=1S/C16H23N5/c1-13-11-15(18-12-14-7-5-4-6-8-14)20-16(19-13)17-9-10-21(2)3/h4-8,11H,9-10,12H2,1-3H3,(H2,17,18,19,20). The van der Waals surface area contributed by atoms with Gasteiger partial charge in [0.2, 0.25) is 5.95 Å². The highest BCUT2D eigenvalue weighted by Gasteiger charge is 2.02. The van der Waals surface area contributed by atoms with Gasteiger partial charge in [-0.1, -0.05) is 30.3 Å². The largest absolute Gasteiger partial charge is 0.366 e. The molecule has 0 aliphatic carbocycles. The zero-order valence-corrected chi connectivity index (χ0v) is 12.9. The highest BCUT2D eigenvalue weighted by Crippen LogP contribution is 2.11. The number of nitrogens with zero attached hydrogens (tertiary/aromatic N) is 3. The molecule has 1 heterocycles. The number of rotatable bonds is 7. The van der Waals surface area contributed by atoms with E-state index < -0.39 is 0 Å². The number of anilines is 2. The van der Waals surface area contributed by atoms with Gasteiger partial charge >= 0.3 is 0 Å². The predicted molar refractivity (Wildman–Crippen MR) is 87.6 cm³/mol. The van der Waals surface area contributed by atoms with E-state index in [1.165, 1.54) is 5.56 Å².